The van der Waals surface area contributed by atoms with Crippen molar-refractivity contribution >= 4 is 17.5 Å². The number of anilines is 1. The monoisotopic (exact) mass is 411 g/mol. The Morgan fingerprint density at radius 2 is 1.77 bits per heavy atom. The predicted molar refractivity (Wildman–Crippen MR) is 112 cm³/mol. The van der Waals surface area contributed by atoms with Crippen LogP contribution in [0.4, 0.5) is 10.1 Å². The molecule has 2 aliphatic rings. The van der Waals surface area contributed by atoms with E-state index in [4.69, 9.17) is 4.74 Å². The third-order valence-electron chi connectivity index (χ3n) is 5.73. The molecule has 1 atom stereocenters. The van der Waals surface area contributed by atoms with Crippen molar-refractivity contribution in [1.29, 1.82) is 0 Å². The first-order valence-electron chi connectivity index (χ1n) is 10.4. The summed E-state index contributed by atoms with van der Waals surface area (Å²) < 4.78 is 19.3. The molecule has 0 bridgehead atoms. The predicted octanol–water partition coefficient (Wildman–Crippen LogP) is 3.15. The van der Waals surface area contributed by atoms with Crippen molar-refractivity contribution in [3.05, 3.63) is 59.9 Å². The van der Waals surface area contributed by atoms with Crippen LogP contribution in [0.15, 0.2) is 48.5 Å². The molecule has 1 unspecified atom stereocenters. The van der Waals surface area contributed by atoms with E-state index < -0.39 is 11.7 Å². The normalized spacial score (nSPS) is 19.1. The van der Waals surface area contributed by atoms with Gasteiger partial charge < -0.3 is 15.0 Å². The van der Waals surface area contributed by atoms with Crippen molar-refractivity contribution in [2.45, 2.75) is 25.3 Å². The Morgan fingerprint density at radius 3 is 2.57 bits per heavy atom. The number of amides is 2. The average molecular weight is 411 g/mol. The fourth-order valence-electron chi connectivity index (χ4n) is 4.16. The molecule has 7 heteroatoms. The van der Waals surface area contributed by atoms with Gasteiger partial charge in [-0.15, -0.1) is 0 Å². The van der Waals surface area contributed by atoms with E-state index in [1.165, 1.54) is 25.0 Å². The summed E-state index contributed by atoms with van der Waals surface area (Å²) in [5.74, 6) is -0.724. The lowest BCUT2D eigenvalue weighted by Gasteiger charge is -2.24. The highest BCUT2D eigenvalue weighted by Gasteiger charge is 2.32. The smallest absolute Gasteiger partial charge is 0.262 e. The minimum absolute atomic E-state index is 0.0817. The van der Waals surface area contributed by atoms with Crippen LogP contribution in [0.25, 0.3) is 0 Å². The van der Waals surface area contributed by atoms with Gasteiger partial charge in [-0.2, -0.15) is 0 Å². The summed E-state index contributed by atoms with van der Waals surface area (Å²) in [6.45, 7) is 3.37. The summed E-state index contributed by atoms with van der Waals surface area (Å²) in [5, 5.41) is 2.48. The van der Waals surface area contributed by atoms with Crippen LogP contribution in [-0.2, 0) is 4.79 Å². The number of likely N-dealkylation sites (tertiary alicyclic amines) is 2. The molecule has 0 saturated carbocycles. The maximum Gasteiger partial charge on any atom is 0.262 e. The van der Waals surface area contributed by atoms with Gasteiger partial charge in [0, 0.05) is 19.1 Å². The van der Waals surface area contributed by atoms with Crippen molar-refractivity contribution in [2.75, 3.05) is 38.1 Å². The fraction of sp³-hybridized carbons (Fsp3) is 0.391. The molecule has 30 heavy (non-hydrogen) atoms. The highest BCUT2D eigenvalue weighted by atomic mass is 19.1. The number of benzene rings is 2. The molecule has 6 nitrogen and oxygen atoms in total. The SMILES string of the molecule is O=C(COc1ccccc1C(=O)N1CCC(N2CCCC2)C1)Nc1ccccc1F. The molecule has 2 aromatic rings. The lowest BCUT2D eigenvalue weighted by atomic mass is 10.1. The zero-order chi connectivity index (χ0) is 20.9. The number of ether oxygens (including phenoxy) is 1. The number of hydrogen-bond acceptors (Lipinski definition) is 4. The Bertz CT molecular complexity index is 914. The minimum atomic E-state index is -0.511. The number of hydrogen-bond donors (Lipinski definition) is 1. The van der Waals surface area contributed by atoms with E-state index in [0.717, 1.165) is 32.6 Å². The van der Waals surface area contributed by atoms with E-state index in [1.54, 1.807) is 36.4 Å². The van der Waals surface area contributed by atoms with E-state index >= 15 is 0 Å². The first kappa shape index (κ1) is 20.3. The maximum absolute atomic E-state index is 13.7. The number of nitrogens with one attached hydrogen (secondary N) is 1. The minimum Gasteiger partial charge on any atom is -0.483 e. The lowest BCUT2D eigenvalue weighted by molar-refractivity contribution is -0.118. The lowest BCUT2D eigenvalue weighted by Crippen LogP contribution is -2.37. The van der Waals surface area contributed by atoms with Crippen molar-refractivity contribution in [2.24, 2.45) is 0 Å². The van der Waals surface area contributed by atoms with E-state index in [9.17, 15) is 14.0 Å². The standard InChI is InChI=1S/C23H26FN3O3/c24-19-8-2-3-9-20(19)25-22(28)16-30-21-10-4-1-7-18(21)23(29)27-14-11-17(15-27)26-12-5-6-13-26/h1-4,7-10,17H,5-6,11-16H2,(H,25,28). The topological polar surface area (TPSA) is 61.9 Å². The van der Waals surface area contributed by atoms with Gasteiger partial charge in [0.25, 0.3) is 11.8 Å². The van der Waals surface area contributed by atoms with Gasteiger partial charge in [-0.25, -0.2) is 4.39 Å². The molecule has 158 valence electrons. The van der Waals surface area contributed by atoms with E-state index in [-0.39, 0.29) is 18.2 Å². The Balaban J connectivity index is 1.37. The zero-order valence-corrected chi connectivity index (χ0v) is 16.9. The van der Waals surface area contributed by atoms with Crippen LogP contribution in [-0.4, -0.2) is 60.4 Å². The van der Waals surface area contributed by atoms with Crippen molar-refractivity contribution in [1.82, 2.24) is 9.80 Å². The van der Waals surface area contributed by atoms with Crippen molar-refractivity contribution in [3.63, 3.8) is 0 Å². The molecule has 2 fully saturated rings. The van der Waals surface area contributed by atoms with E-state index in [1.807, 2.05) is 4.90 Å². The maximum atomic E-state index is 13.7. The van der Waals surface area contributed by atoms with Gasteiger partial charge in [0.1, 0.15) is 11.6 Å². The van der Waals surface area contributed by atoms with Crippen LogP contribution < -0.4 is 10.1 Å². The summed E-state index contributed by atoms with van der Waals surface area (Å²) in [5.41, 5.74) is 0.541. The molecule has 2 amide bonds. The van der Waals surface area contributed by atoms with Crippen LogP contribution in [0.1, 0.15) is 29.6 Å². The fourth-order valence-corrected chi connectivity index (χ4v) is 4.16. The van der Waals surface area contributed by atoms with Gasteiger partial charge in [-0.1, -0.05) is 24.3 Å². The highest BCUT2D eigenvalue weighted by Crippen LogP contribution is 2.25. The Kier molecular flexibility index (Phi) is 6.28. The number of rotatable bonds is 6. The molecule has 0 spiro atoms. The molecule has 2 heterocycles. The van der Waals surface area contributed by atoms with Gasteiger partial charge >= 0.3 is 0 Å². The van der Waals surface area contributed by atoms with Crippen LogP contribution >= 0.6 is 0 Å². The Morgan fingerprint density at radius 1 is 1.03 bits per heavy atom. The number of carbonyl (C=O) groups is 2. The molecule has 4 rings (SSSR count). The molecular formula is C23H26FN3O3. The Hall–Kier alpha value is -2.93. The number of carbonyl (C=O) groups excluding carboxylic acids is 2. The van der Waals surface area contributed by atoms with Gasteiger partial charge in [-0.05, 0) is 56.6 Å². The Labute approximate surface area is 175 Å². The average Bonchev–Trinajstić information content (AvgIpc) is 3.45. The first-order chi connectivity index (χ1) is 14.6. The molecule has 1 N–H and O–H groups in total. The molecule has 0 radical (unpaired) electrons. The van der Waals surface area contributed by atoms with Crippen LogP contribution in [0.2, 0.25) is 0 Å². The summed E-state index contributed by atoms with van der Waals surface area (Å²) in [7, 11) is 0. The van der Waals surface area contributed by atoms with Gasteiger partial charge in [-0.3, -0.25) is 14.5 Å². The van der Waals surface area contributed by atoms with Gasteiger partial charge in [0.05, 0.1) is 11.3 Å². The second-order valence-electron chi connectivity index (χ2n) is 7.75. The number of nitrogens with zero attached hydrogens (tertiary/aromatic N) is 2. The summed E-state index contributed by atoms with van der Waals surface area (Å²) in [6.07, 6.45) is 3.45. The first-order valence-corrected chi connectivity index (χ1v) is 10.4. The summed E-state index contributed by atoms with van der Waals surface area (Å²) in [6, 6.07) is 13.3. The zero-order valence-electron chi connectivity index (χ0n) is 16.9. The molecular weight excluding hydrogens is 385 g/mol. The molecule has 2 aliphatic heterocycles. The molecule has 0 aromatic heterocycles. The molecule has 2 saturated heterocycles. The van der Waals surface area contributed by atoms with E-state index in [0.29, 0.717) is 17.4 Å². The summed E-state index contributed by atoms with van der Waals surface area (Å²) >= 11 is 0. The van der Waals surface area contributed by atoms with Gasteiger partial charge in [0.2, 0.25) is 0 Å². The van der Waals surface area contributed by atoms with Crippen molar-refractivity contribution < 1.29 is 18.7 Å². The third-order valence-corrected chi connectivity index (χ3v) is 5.73. The number of halogens is 1. The highest BCUT2D eigenvalue weighted by molar-refractivity contribution is 5.97. The van der Waals surface area contributed by atoms with Gasteiger partial charge in [0.15, 0.2) is 6.61 Å². The van der Waals surface area contributed by atoms with Crippen molar-refractivity contribution in [3.8, 4) is 5.75 Å². The van der Waals surface area contributed by atoms with Crippen LogP contribution in [0.3, 0.4) is 0 Å². The van der Waals surface area contributed by atoms with Crippen LogP contribution in [0, 0.1) is 5.82 Å². The second kappa shape index (κ2) is 9.26. The molecule has 0 aliphatic carbocycles. The quantitative estimate of drug-likeness (QED) is 0.793. The molecule has 2 aromatic carbocycles. The summed E-state index contributed by atoms with van der Waals surface area (Å²) in [4.78, 5) is 29.6. The second-order valence-corrected chi connectivity index (χ2v) is 7.75. The largest absolute Gasteiger partial charge is 0.483 e. The van der Waals surface area contributed by atoms with E-state index in [2.05, 4.69) is 10.2 Å². The number of para-hydroxylation sites is 2. The third kappa shape index (κ3) is 4.62. The van der Waals surface area contributed by atoms with Crippen LogP contribution in [0.5, 0.6) is 5.75 Å².